The number of hydrogen-bond donors (Lipinski definition) is 1. The quantitative estimate of drug-likeness (QED) is 0.761. The summed E-state index contributed by atoms with van der Waals surface area (Å²) in [6, 6.07) is 10.5. The lowest BCUT2D eigenvalue weighted by molar-refractivity contribution is -0.116. The van der Waals surface area contributed by atoms with Gasteiger partial charge in [-0.3, -0.25) is 9.59 Å². The molecule has 1 amide bonds. The first-order chi connectivity index (χ1) is 12.5. The van der Waals surface area contributed by atoms with E-state index < -0.39 is 0 Å². The zero-order chi connectivity index (χ0) is 18.5. The predicted octanol–water partition coefficient (Wildman–Crippen LogP) is 4.41. The number of nitrogens with one attached hydrogen (secondary N) is 1. The molecule has 5 nitrogen and oxygen atoms in total. The Labute approximate surface area is 157 Å². The molecule has 2 aromatic rings. The third-order valence-electron chi connectivity index (χ3n) is 4.21. The van der Waals surface area contributed by atoms with Crippen molar-refractivity contribution in [2.24, 2.45) is 0 Å². The standard InChI is InChI=1S/C20H20ClNO4/c1-13-15(21)4-2-5-16(13)22-20(24)7-3-6-17(23)14-8-9-18-19(12-14)26-11-10-25-18/h2,4-5,8-9,12H,3,6-7,10-11H2,1H3,(H,22,24). The molecular weight excluding hydrogens is 354 g/mol. The van der Waals surface area contributed by atoms with Crippen molar-refractivity contribution in [1.29, 1.82) is 0 Å². The highest BCUT2D eigenvalue weighted by Crippen LogP contribution is 2.31. The van der Waals surface area contributed by atoms with Crippen molar-refractivity contribution in [1.82, 2.24) is 0 Å². The van der Waals surface area contributed by atoms with Crippen LogP contribution in [0.15, 0.2) is 36.4 Å². The Morgan fingerprint density at radius 2 is 1.85 bits per heavy atom. The highest BCUT2D eigenvalue weighted by atomic mass is 35.5. The fourth-order valence-electron chi connectivity index (χ4n) is 2.73. The Kier molecular flexibility index (Phi) is 5.78. The maximum atomic E-state index is 12.3. The van der Waals surface area contributed by atoms with E-state index in [2.05, 4.69) is 5.32 Å². The summed E-state index contributed by atoms with van der Waals surface area (Å²) in [4.78, 5) is 24.4. The average Bonchev–Trinajstić information content (AvgIpc) is 2.65. The molecule has 0 spiro atoms. The van der Waals surface area contributed by atoms with Crippen LogP contribution in [0, 0.1) is 6.92 Å². The van der Waals surface area contributed by atoms with Crippen molar-refractivity contribution in [3.05, 3.63) is 52.5 Å². The molecule has 26 heavy (non-hydrogen) atoms. The number of amides is 1. The zero-order valence-corrected chi connectivity index (χ0v) is 15.3. The van der Waals surface area contributed by atoms with E-state index in [1.807, 2.05) is 6.92 Å². The summed E-state index contributed by atoms with van der Waals surface area (Å²) >= 11 is 6.05. The summed E-state index contributed by atoms with van der Waals surface area (Å²) in [5, 5.41) is 3.44. The number of rotatable bonds is 6. The third-order valence-corrected chi connectivity index (χ3v) is 4.62. The Hall–Kier alpha value is -2.53. The molecule has 0 bridgehead atoms. The summed E-state index contributed by atoms with van der Waals surface area (Å²) in [5.74, 6) is 1.10. The van der Waals surface area contributed by atoms with Gasteiger partial charge in [-0.2, -0.15) is 0 Å². The number of carbonyl (C=O) groups excluding carboxylic acids is 2. The molecule has 0 saturated heterocycles. The van der Waals surface area contributed by atoms with Crippen molar-refractivity contribution in [2.45, 2.75) is 26.2 Å². The van der Waals surface area contributed by atoms with Crippen LogP contribution >= 0.6 is 11.6 Å². The lowest BCUT2D eigenvalue weighted by Gasteiger charge is -2.18. The average molecular weight is 374 g/mol. The number of benzene rings is 2. The minimum Gasteiger partial charge on any atom is -0.486 e. The molecule has 1 aliphatic heterocycles. The van der Waals surface area contributed by atoms with Crippen molar-refractivity contribution in [2.75, 3.05) is 18.5 Å². The van der Waals surface area contributed by atoms with E-state index in [4.69, 9.17) is 21.1 Å². The third kappa shape index (κ3) is 4.35. The van der Waals surface area contributed by atoms with Gasteiger partial charge >= 0.3 is 0 Å². The molecule has 1 aliphatic rings. The maximum Gasteiger partial charge on any atom is 0.224 e. The minimum atomic E-state index is -0.134. The second-order valence-electron chi connectivity index (χ2n) is 6.10. The van der Waals surface area contributed by atoms with Crippen LogP contribution in [0.5, 0.6) is 11.5 Å². The predicted molar refractivity (Wildman–Crippen MR) is 100 cm³/mol. The highest BCUT2D eigenvalue weighted by molar-refractivity contribution is 6.31. The monoisotopic (exact) mass is 373 g/mol. The van der Waals surface area contributed by atoms with Gasteiger partial charge in [-0.05, 0) is 49.2 Å². The smallest absolute Gasteiger partial charge is 0.224 e. The number of hydrogen-bond acceptors (Lipinski definition) is 4. The van der Waals surface area contributed by atoms with Gasteiger partial charge in [-0.15, -0.1) is 0 Å². The minimum absolute atomic E-state index is 0.0197. The van der Waals surface area contributed by atoms with Crippen molar-refractivity contribution >= 4 is 29.0 Å². The Bertz CT molecular complexity index is 835. The summed E-state index contributed by atoms with van der Waals surface area (Å²) < 4.78 is 10.9. The van der Waals surface area contributed by atoms with E-state index in [1.54, 1.807) is 36.4 Å². The molecule has 0 fully saturated rings. The number of ether oxygens (including phenoxy) is 2. The SMILES string of the molecule is Cc1c(Cl)cccc1NC(=O)CCCC(=O)c1ccc2c(c1)OCCO2. The molecule has 2 aromatic carbocycles. The molecule has 3 rings (SSSR count). The number of Topliss-reactive ketones (excluding diaryl/α,β-unsaturated/α-hetero) is 1. The molecule has 0 atom stereocenters. The number of ketones is 1. The van der Waals surface area contributed by atoms with Crippen LogP contribution in [-0.4, -0.2) is 24.9 Å². The molecule has 0 saturated carbocycles. The van der Waals surface area contributed by atoms with Gasteiger partial charge in [0.25, 0.3) is 0 Å². The fraction of sp³-hybridized carbons (Fsp3) is 0.300. The Morgan fingerprint density at radius 1 is 1.08 bits per heavy atom. The van der Waals surface area contributed by atoms with Crippen LogP contribution in [0.3, 0.4) is 0 Å². The van der Waals surface area contributed by atoms with Crippen molar-refractivity contribution in [3.63, 3.8) is 0 Å². The van der Waals surface area contributed by atoms with E-state index in [-0.39, 0.29) is 18.1 Å². The maximum absolute atomic E-state index is 12.3. The summed E-state index contributed by atoms with van der Waals surface area (Å²) in [5.41, 5.74) is 2.09. The van der Waals surface area contributed by atoms with E-state index in [0.29, 0.717) is 53.8 Å². The van der Waals surface area contributed by atoms with Crippen LogP contribution in [0.1, 0.15) is 35.2 Å². The van der Waals surface area contributed by atoms with Crippen LogP contribution in [-0.2, 0) is 4.79 Å². The lowest BCUT2D eigenvalue weighted by Crippen LogP contribution is -2.16. The Morgan fingerprint density at radius 3 is 2.65 bits per heavy atom. The van der Waals surface area contributed by atoms with Gasteiger partial charge in [0.1, 0.15) is 13.2 Å². The van der Waals surface area contributed by atoms with Crippen molar-refractivity contribution in [3.8, 4) is 11.5 Å². The van der Waals surface area contributed by atoms with Gasteiger partial charge in [0.05, 0.1) is 0 Å². The molecule has 1 N–H and O–H groups in total. The number of anilines is 1. The van der Waals surface area contributed by atoms with Crippen LogP contribution in [0.25, 0.3) is 0 Å². The van der Waals surface area contributed by atoms with Gasteiger partial charge in [0, 0.05) is 29.1 Å². The van der Waals surface area contributed by atoms with E-state index in [0.717, 1.165) is 5.56 Å². The number of carbonyl (C=O) groups is 2. The molecule has 6 heteroatoms. The highest BCUT2D eigenvalue weighted by Gasteiger charge is 2.15. The van der Waals surface area contributed by atoms with E-state index >= 15 is 0 Å². The van der Waals surface area contributed by atoms with Crippen LogP contribution in [0.4, 0.5) is 5.69 Å². The van der Waals surface area contributed by atoms with Gasteiger partial charge in [0.2, 0.25) is 5.91 Å². The van der Waals surface area contributed by atoms with Crippen LogP contribution < -0.4 is 14.8 Å². The summed E-state index contributed by atoms with van der Waals surface area (Å²) in [7, 11) is 0. The second kappa shape index (κ2) is 8.23. The molecule has 0 aromatic heterocycles. The molecule has 0 aliphatic carbocycles. The first-order valence-electron chi connectivity index (χ1n) is 8.52. The zero-order valence-electron chi connectivity index (χ0n) is 14.5. The number of fused-ring (bicyclic) bond motifs is 1. The molecule has 0 unspecified atom stereocenters. The van der Waals surface area contributed by atoms with Crippen molar-refractivity contribution < 1.29 is 19.1 Å². The first-order valence-corrected chi connectivity index (χ1v) is 8.90. The number of halogens is 1. The van der Waals surface area contributed by atoms with Crippen LogP contribution in [0.2, 0.25) is 5.02 Å². The van der Waals surface area contributed by atoms with Gasteiger partial charge in [-0.1, -0.05) is 17.7 Å². The molecule has 0 radical (unpaired) electrons. The summed E-state index contributed by atoms with van der Waals surface area (Å²) in [6.45, 7) is 2.85. The van der Waals surface area contributed by atoms with Gasteiger partial charge < -0.3 is 14.8 Å². The lowest BCUT2D eigenvalue weighted by atomic mass is 10.0. The molecule has 136 valence electrons. The molecular formula is C20H20ClNO4. The molecule has 1 heterocycles. The second-order valence-corrected chi connectivity index (χ2v) is 6.50. The van der Waals surface area contributed by atoms with Gasteiger partial charge in [0.15, 0.2) is 17.3 Å². The van der Waals surface area contributed by atoms with E-state index in [1.165, 1.54) is 0 Å². The first kappa shape index (κ1) is 18.3. The Balaban J connectivity index is 1.50. The fourth-order valence-corrected chi connectivity index (χ4v) is 2.90. The van der Waals surface area contributed by atoms with Gasteiger partial charge in [-0.25, -0.2) is 0 Å². The topological polar surface area (TPSA) is 64.6 Å². The largest absolute Gasteiger partial charge is 0.486 e. The summed E-state index contributed by atoms with van der Waals surface area (Å²) in [6.07, 6.45) is 1.03. The van der Waals surface area contributed by atoms with E-state index in [9.17, 15) is 9.59 Å². The normalized spacial score (nSPS) is 12.5.